The number of alkyl halides is 1. The molecular weight excluding hydrogens is 448 g/mol. The second-order valence-corrected chi connectivity index (χ2v) is 10.4. The highest BCUT2D eigenvalue weighted by molar-refractivity contribution is 9.09. The molecule has 2 N–H and O–H groups in total. The molecule has 9 heteroatoms. The van der Waals surface area contributed by atoms with Gasteiger partial charge in [-0.3, -0.25) is 14.4 Å². The molecule has 1 spiro atoms. The summed E-state index contributed by atoms with van der Waals surface area (Å²) >= 11 is 5.07. The van der Waals surface area contributed by atoms with Crippen LogP contribution in [0.15, 0.2) is 12.7 Å². The zero-order chi connectivity index (χ0) is 20.6. The van der Waals surface area contributed by atoms with Gasteiger partial charge in [0.25, 0.3) is 0 Å². The minimum absolute atomic E-state index is 0.0354. The smallest absolute Gasteiger partial charge is 0.308 e. The van der Waals surface area contributed by atoms with E-state index < -0.39 is 28.6 Å². The molecule has 3 aliphatic heterocycles. The highest BCUT2D eigenvalue weighted by Gasteiger charge is 2.75. The molecule has 0 aromatic carbocycles. The number of aliphatic hydroxyl groups excluding tert-OH is 1. The highest BCUT2D eigenvalue weighted by atomic mass is 79.9. The maximum absolute atomic E-state index is 13.6. The fraction of sp³-hybridized carbons (Fsp3) is 0.737. The van der Waals surface area contributed by atoms with E-state index in [2.05, 4.69) is 22.5 Å². The number of hydrogen-bond acceptors (Lipinski definition) is 5. The number of carbonyl (C=O) groups is 3. The molecule has 3 fully saturated rings. The van der Waals surface area contributed by atoms with Crippen LogP contribution in [-0.2, 0) is 14.4 Å². The fourth-order valence-electron chi connectivity index (χ4n) is 5.01. The first kappa shape index (κ1) is 21.6. The number of rotatable bonds is 9. The van der Waals surface area contributed by atoms with Crippen LogP contribution in [0.3, 0.4) is 0 Å². The molecule has 2 amide bonds. The van der Waals surface area contributed by atoms with Crippen molar-refractivity contribution in [2.24, 2.45) is 11.8 Å². The largest absolute Gasteiger partial charge is 0.481 e. The Balaban J connectivity index is 2.02. The number of aliphatic carboxylic acids is 1. The van der Waals surface area contributed by atoms with Crippen LogP contribution in [0.25, 0.3) is 0 Å². The van der Waals surface area contributed by atoms with Crippen LogP contribution in [0.1, 0.15) is 26.2 Å². The SMILES string of the molecule is C=CCN(CCCC)C(=O)C1N(CCO)C(=O)[C@@H]2[C@H](C(=O)O)[C@H]3SC12CC3Br. The van der Waals surface area contributed by atoms with E-state index in [1.165, 1.54) is 16.7 Å². The summed E-state index contributed by atoms with van der Waals surface area (Å²) in [4.78, 5) is 41.9. The Kier molecular flexibility index (Phi) is 6.46. The summed E-state index contributed by atoms with van der Waals surface area (Å²) in [7, 11) is 0. The van der Waals surface area contributed by atoms with E-state index in [1.807, 2.05) is 6.92 Å². The average molecular weight is 475 g/mol. The lowest BCUT2D eigenvalue weighted by Gasteiger charge is -2.37. The summed E-state index contributed by atoms with van der Waals surface area (Å²) in [5, 5.41) is 19.1. The number of amides is 2. The Hall–Kier alpha value is -1.06. The Morgan fingerprint density at radius 2 is 2.21 bits per heavy atom. The van der Waals surface area contributed by atoms with Gasteiger partial charge in [-0.25, -0.2) is 0 Å². The Bertz CT molecular complexity index is 677. The zero-order valence-electron chi connectivity index (χ0n) is 15.9. The van der Waals surface area contributed by atoms with Crippen LogP contribution in [0, 0.1) is 11.8 Å². The van der Waals surface area contributed by atoms with E-state index in [0.29, 0.717) is 19.5 Å². The molecule has 3 saturated heterocycles. The van der Waals surface area contributed by atoms with E-state index in [-0.39, 0.29) is 35.0 Å². The van der Waals surface area contributed by atoms with E-state index in [0.717, 1.165) is 12.8 Å². The highest BCUT2D eigenvalue weighted by Crippen LogP contribution is 2.67. The number of carboxylic acid groups (broad SMARTS) is 1. The van der Waals surface area contributed by atoms with E-state index in [1.54, 1.807) is 11.0 Å². The first-order valence-electron chi connectivity index (χ1n) is 9.69. The number of nitrogens with zero attached hydrogens (tertiary/aromatic N) is 2. The Morgan fingerprint density at radius 1 is 1.50 bits per heavy atom. The van der Waals surface area contributed by atoms with Crippen LogP contribution < -0.4 is 0 Å². The molecule has 3 aliphatic rings. The van der Waals surface area contributed by atoms with Crippen LogP contribution in [0.5, 0.6) is 0 Å². The molecule has 2 bridgehead atoms. The second kappa shape index (κ2) is 8.36. The molecule has 0 aromatic heterocycles. The number of thioether (sulfide) groups is 1. The van der Waals surface area contributed by atoms with E-state index in [9.17, 15) is 24.6 Å². The number of carbonyl (C=O) groups excluding carboxylic acids is 2. The zero-order valence-corrected chi connectivity index (χ0v) is 18.3. The van der Waals surface area contributed by atoms with Crippen LogP contribution >= 0.6 is 27.7 Å². The number of β-amino-alcohol motifs (C(OH)–C–C–N with tert-alkyl or cyclic N) is 1. The van der Waals surface area contributed by atoms with Gasteiger partial charge in [0.05, 0.1) is 23.2 Å². The van der Waals surface area contributed by atoms with Gasteiger partial charge in [0.15, 0.2) is 0 Å². The number of halogens is 1. The normalized spacial score (nSPS) is 35.9. The van der Waals surface area contributed by atoms with Crippen LogP contribution in [-0.4, -0.2) is 84.9 Å². The van der Waals surface area contributed by atoms with Crippen molar-refractivity contribution in [3.8, 4) is 0 Å². The van der Waals surface area contributed by atoms with Crippen molar-refractivity contribution in [1.29, 1.82) is 0 Å². The van der Waals surface area contributed by atoms with Gasteiger partial charge in [-0.15, -0.1) is 18.3 Å². The van der Waals surface area contributed by atoms with E-state index >= 15 is 0 Å². The van der Waals surface area contributed by atoms with Crippen LogP contribution in [0.4, 0.5) is 0 Å². The maximum Gasteiger partial charge on any atom is 0.308 e. The Morgan fingerprint density at radius 3 is 2.79 bits per heavy atom. The summed E-state index contributed by atoms with van der Waals surface area (Å²) < 4.78 is -0.767. The molecule has 3 unspecified atom stereocenters. The third kappa shape index (κ3) is 3.19. The average Bonchev–Trinajstić information content (AvgIpc) is 3.23. The van der Waals surface area contributed by atoms with Crippen molar-refractivity contribution in [1.82, 2.24) is 9.80 Å². The summed E-state index contributed by atoms with van der Waals surface area (Å²) in [5.41, 5.74) is 0. The lowest BCUT2D eigenvalue weighted by molar-refractivity contribution is -0.148. The molecule has 0 aromatic rings. The number of aliphatic hydroxyl groups is 1. The van der Waals surface area contributed by atoms with Gasteiger partial charge >= 0.3 is 5.97 Å². The van der Waals surface area contributed by atoms with Gasteiger partial charge in [0, 0.05) is 29.7 Å². The van der Waals surface area contributed by atoms with Crippen molar-refractivity contribution < 1.29 is 24.6 Å². The summed E-state index contributed by atoms with van der Waals surface area (Å²) in [6.45, 7) is 6.50. The molecule has 0 radical (unpaired) electrons. The molecule has 3 rings (SSSR count). The first-order valence-corrected chi connectivity index (χ1v) is 11.5. The number of hydrogen-bond donors (Lipinski definition) is 2. The monoisotopic (exact) mass is 474 g/mol. The van der Waals surface area contributed by atoms with Gasteiger partial charge in [0.2, 0.25) is 11.8 Å². The second-order valence-electron chi connectivity index (χ2n) is 7.68. The predicted octanol–water partition coefficient (Wildman–Crippen LogP) is 1.34. The van der Waals surface area contributed by atoms with Gasteiger partial charge in [-0.2, -0.15) is 0 Å². The van der Waals surface area contributed by atoms with Crippen molar-refractivity contribution in [2.75, 3.05) is 26.2 Å². The standard InChI is InChI=1S/C19H27BrN2O5S/c1-3-5-7-21(6-4-2)17(25)15-19-10-11(20)14(28-19)12(18(26)27)13(19)16(24)22(15)8-9-23/h4,11-15,23H,2-3,5-10H2,1H3,(H,26,27)/t11?,12-,13-,14-,15?,19?/m0/s1. The third-order valence-corrected chi connectivity index (χ3v) is 9.31. The summed E-state index contributed by atoms with van der Waals surface area (Å²) in [6.07, 6.45) is 4.00. The minimum Gasteiger partial charge on any atom is -0.481 e. The summed E-state index contributed by atoms with van der Waals surface area (Å²) in [5.74, 6) is -3.03. The molecule has 7 nitrogen and oxygen atoms in total. The third-order valence-electron chi connectivity index (χ3n) is 6.09. The van der Waals surface area contributed by atoms with Crippen molar-refractivity contribution in [2.45, 2.75) is 47.1 Å². The predicted molar refractivity (Wildman–Crippen MR) is 110 cm³/mol. The van der Waals surface area contributed by atoms with Crippen molar-refractivity contribution in [3.05, 3.63) is 12.7 Å². The van der Waals surface area contributed by atoms with Gasteiger partial charge < -0.3 is 20.0 Å². The van der Waals surface area contributed by atoms with Gasteiger partial charge in [-0.05, 0) is 12.8 Å². The molecule has 6 atom stereocenters. The lowest BCUT2D eigenvalue weighted by atomic mass is 9.71. The van der Waals surface area contributed by atoms with E-state index in [4.69, 9.17) is 0 Å². The number of carboxylic acids is 1. The molecule has 0 aliphatic carbocycles. The topological polar surface area (TPSA) is 98.2 Å². The summed E-state index contributed by atoms with van der Waals surface area (Å²) in [6, 6.07) is -0.756. The maximum atomic E-state index is 13.6. The fourth-order valence-corrected chi connectivity index (χ4v) is 8.61. The quantitative estimate of drug-likeness (QED) is 0.386. The number of unbranched alkanes of at least 4 members (excludes halogenated alkanes) is 1. The number of fused-ring (bicyclic) bond motifs is 1. The molecule has 3 heterocycles. The van der Waals surface area contributed by atoms with Crippen LogP contribution in [0.2, 0.25) is 0 Å². The van der Waals surface area contributed by atoms with Crippen molar-refractivity contribution in [3.63, 3.8) is 0 Å². The molecule has 0 saturated carbocycles. The van der Waals surface area contributed by atoms with Gasteiger partial charge in [0.1, 0.15) is 6.04 Å². The Labute approximate surface area is 177 Å². The van der Waals surface area contributed by atoms with Crippen molar-refractivity contribution >= 4 is 45.5 Å². The molecular formula is C19H27BrN2O5S. The molecule has 28 heavy (non-hydrogen) atoms. The first-order chi connectivity index (χ1) is 13.3. The molecule has 156 valence electrons. The minimum atomic E-state index is -0.993. The lowest BCUT2D eigenvalue weighted by Crippen LogP contribution is -2.55. The van der Waals surface area contributed by atoms with Gasteiger partial charge in [-0.1, -0.05) is 35.4 Å². The number of likely N-dealkylation sites (tertiary alicyclic amines) is 1.